The molecule has 1 aliphatic heterocycles. The van der Waals surface area contributed by atoms with E-state index in [-0.39, 0.29) is 12.0 Å². The minimum Gasteiger partial charge on any atom is -0.376 e. The fourth-order valence-electron chi connectivity index (χ4n) is 3.80. The highest BCUT2D eigenvalue weighted by Crippen LogP contribution is 2.28. The fourth-order valence-corrected chi connectivity index (χ4v) is 4.73. The van der Waals surface area contributed by atoms with Crippen LogP contribution in [0, 0.1) is 0 Å². The van der Waals surface area contributed by atoms with Crippen LogP contribution >= 0.6 is 11.3 Å². The number of carbonyl (C=O) groups is 3. The standard InChI is InChI=1S/C24H26N4O5S/c29-22(26-17-8-9-20-16(12-17)13-21(34-20)23(30)28-32)19(11-15-5-2-1-3-6-15)27-24(31)25-14-18-7-4-10-33-18/h1-3,5-6,8-9,12-13,18-19,32H,4,7,10-11,14H2,(H,26,29)(H,28,30)(H2,25,27,31)/t18?,19-/m0/s1. The smallest absolute Gasteiger partial charge is 0.315 e. The van der Waals surface area contributed by atoms with Crippen molar-refractivity contribution in [1.29, 1.82) is 0 Å². The third-order valence-corrected chi connectivity index (χ3v) is 6.64. The molecule has 0 radical (unpaired) electrons. The van der Waals surface area contributed by atoms with Gasteiger partial charge in [0.05, 0.1) is 11.0 Å². The van der Waals surface area contributed by atoms with E-state index in [1.807, 2.05) is 30.3 Å². The van der Waals surface area contributed by atoms with Crippen LogP contribution in [-0.2, 0) is 16.0 Å². The number of urea groups is 1. The fraction of sp³-hybridized carbons (Fsp3) is 0.292. The largest absolute Gasteiger partial charge is 0.376 e. The van der Waals surface area contributed by atoms with Crippen LogP contribution in [0.3, 0.4) is 0 Å². The summed E-state index contributed by atoms with van der Waals surface area (Å²) in [7, 11) is 0. The van der Waals surface area contributed by atoms with Gasteiger partial charge in [0.2, 0.25) is 5.91 Å². The summed E-state index contributed by atoms with van der Waals surface area (Å²) in [6.07, 6.45) is 2.21. The molecule has 5 N–H and O–H groups in total. The number of ether oxygens (including phenoxy) is 1. The summed E-state index contributed by atoms with van der Waals surface area (Å²) in [5, 5.41) is 18.0. The Bertz CT molecular complexity index is 1160. The summed E-state index contributed by atoms with van der Waals surface area (Å²) in [5.74, 6) is -0.952. The summed E-state index contributed by atoms with van der Waals surface area (Å²) in [5.41, 5.74) is 3.07. The molecule has 1 aromatic heterocycles. The second-order valence-corrected chi connectivity index (χ2v) is 9.11. The topological polar surface area (TPSA) is 129 Å². The average Bonchev–Trinajstić information content (AvgIpc) is 3.52. The maximum absolute atomic E-state index is 13.1. The second-order valence-electron chi connectivity index (χ2n) is 8.03. The number of amides is 4. The molecule has 0 spiro atoms. The van der Waals surface area contributed by atoms with Crippen LogP contribution in [0.2, 0.25) is 0 Å². The monoisotopic (exact) mass is 482 g/mol. The Morgan fingerprint density at radius 2 is 1.94 bits per heavy atom. The first-order valence-corrected chi connectivity index (χ1v) is 11.8. The Kier molecular flexibility index (Phi) is 7.73. The highest BCUT2D eigenvalue weighted by Gasteiger charge is 2.23. The first-order valence-electron chi connectivity index (χ1n) is 11.0. The van der Waals surface area contributed by atoms with Crippen LogP contribution in [0.1, 0.15) is 28.1 Å². The van der Waals surface area contributed by atoms with Gasteiger partial charge in [-0.2, -0.15) is 0 Å². The van der Waals surface area contributed by atoms with E-state index in [4.69, 9.17) is 9.94 Å². The summed E-state index contributed by atoms with van der Waals surface area (Å²) in [6.45, 7) is 1.09. The minimum absolute atomic E-state index is 0.00212. The molecule has 0 bridgehead atoms. The Hall–Kier alpha value is -3.47. The lowest BCUT2D eigenvalue weighted by atomic mass is 10.1. The average molecular weight is 483 g/mol. The van der Waals surface area contributed by atoms with Crippen LogP contribution in [0.15, 0.2) is 54.6 Å². The van der Waals surface area contributed by atoms with E-state index in [0.717, 1.165) is 28.5 Å². The van der Waals surface area contributed by atoms with Crippen molar-refractivity contribution in [2.24, 2.45) is 0 Å². The van der Waals surface area contributed by atoms with E-state index < -0.39 is 18.0 Å². The molecule has 34 heavy (non-hydrogen) atoms. The van der Waals surface area contributed by atoms with E-state index in [2.05, 4.69) is 16.0 Å². The van der Waals surface area contributed by atoms with Crippen LogP contribution < -0.4 is 21.4 Å². The molecule has 1 saturated heterocycles. The maximum Gasteiger partial charge on any atom is 0.315 e. The van der Waals surface area contributed by atoms with Gasteiger partial charge in [0.1, 0.15) is 6.04 Å². The third kappa shape index (κ3) is 6.10. The molecule has 1 unspecified atom stereocenters. The van der Waals surface area contributed by atoms with Crippen LogP contribution in [0.5, 0.6) is 0 Å². The second kappa shape index (κ2) is 11.1. The minimum atomic E-state index is -0.805. The normalized spacial score (nSPS) is 16.1. The number of hydrogen-bond acceptors (Lipinski definition) is 6. The Labute approximate surface area is 200 Å². The third-order valence-electron chi connectivity index (χ3n) is 5.53. The van der Waals surface area contributed by atoms with Gasteiger partial charge in [-0.05, 0) is 48.1 Å². The van der Waals surface area contributed by atoms with E-state index >= 15 is 0 Å². The van der Waals surface area contributed by atoms with Crippen molar-refractivity contribution in [3.05, 3.63) is 65.0 Å². The molecule has 4 rings (SSSR count). The first kappa shape index (κ1) is 23.7. The van der Waals surface area contributed by atoms with Crippen molar-refractivity contribution in [1.82, 2.24) is 16.1 Å². The van der Waals surface area contributed by atoms with Crippen LogP contribution in [-0.4, -0.2) is 48.4 Å². The zero-order valence-corrected chi connectivity index (χ0v) is 19.2. The number of carbonyl (C=O) groups excluding carboxylic acids is 3. The van der Waals surface area contributed by atoms with Crippen LogP contribution in [0.25, 0.3) is 10.1 Å². The van der Waals surface area contributed by atoms with Crippen molar-refractivity contribution in [3.63, 3.8) is 0 Å². The Morgan fingerprint density at radius 3 is 2.68 bits per heavy atom. The quantitative estimate of drug-likeness (QED) is 0.249. The lowest BCUT2D eigenvalue weighted by molar-refractivity contribution is -0.117. The van der Waals surface area contributed by atoms with Gasteiger partial charge in [0.25, 0.3) is 5.91 Å². The molecule has 178 valence electrons. The van der Waals surface area contributed by atoms with Crippen molar-refractivity contribution in [2.75, 3.05) is 18.5 Å². The van der Waals surface area contributed by atoms with Gasteiger partial charge in [-0.1, -0.05) is 30.3 Å². The van der Waals surface area contributed by atoms with Crippen molar-refractivity contribution in [2.45, 2.75) is 31.4 Å². The number of hydroxylamine groups is 1. The predicted octanol–water partition coefficient (Wildman–Crippen LogP) is 3.05. The van der Waals surface area contributed by atoms with Crippen molar-refractivity contribution >= 4 is 45.0 Å². The molecule has 9 nitrogen and oxygen atoms in total. The highest BCUT2D eigenvalue weighted by atomic mass is 32.1. The van der Waals surface area contributed by atoms with Gasteiger partial charge in [-0.15, -0.1) is 11.3 Å². The van der Waals surface area contributed by atoms with Gasteiger partial charge >= 0.3 is 6.03 Å². The van der Waals surface area contributed by atoms with E-state index in [9.17, 15) is 14.4 Å². The van der Waals surface area contributed by atoms with Gasteiger partial charge in [0, 0.05) is 30.0 Å². The van der Waals surface area contributed by atoms with Crippen molar-refractivity contribution in [3.8, 4) is 0 Å². The number of thiophene rings is 1. The van der Waals surface area contributed by atoms with E-state index in [1.54, 1.807) is 29.7 Å². The molecule has 0 saturated carbocycles. The van der Waals surface area contributed by atoms with Gasteiger partial charge in [-0.3, -0.25) is 14.8 Å². The number of hydrogen-bond donors (Lipinski definition) is 5. The first-order chi connectivity index (χ1) is 16.5. The van der Waals surface area contributed by atoms with Gasteiger partial charge in [0.15, 0.2) is 0 Å². The molecule has 2 heterocycles. The molecule has 10 heteroatoms. The number of benzene rings is 2. The number of anilines is 1. The van der Waals surface area contributed by atoms with Gasteiger partial charge < -0.3 is 20.7 Å². The SMILES string of the molecule is O=C(NCC1CCCO1)N[C@@H](Cc1ccccc1)C(=O)Nc1ccc2sc(C(=O)NO)cc2c1. The Morgan fingerprint density at radius 1 is 1.12 bits per heavy atom. The molecule has 2 aromatic carbocycles. The van der Waals surface area contributed by atoms with Gasteiger partial charge in [-0.25, -0.2) is 10.3 Å². The zero-order chi connectivity index (χ0) is 23.9. The van der Waals surface area contributed by atoms with E-state index in [0.29, 0.717) is 30.1 Å². The van der Waals surface area contributed by atoms with E-state index in [1.165, 1.54) is 11.3 Å². The molecule has 2 atom stereocenters. The molecule has 3 aromatic rings. The Balaban J connectivity index is 1.45. The summed E-state index contributed by atoms with van der Waals surface area (Å²) in [6, 6.07) is 15.1. The number of rotatable bonds is 8. The molecule has 1 fully saturated rings. The molecule has 1 aliphatic rings. The molecular weight excluding hydrogens is 456 g/mol. The molecular formula is C24H26N4O5S. The molecule has 4 amide bonds. The van der Waals surface area contributed by atoms with Crippen molar-refractivity contribution < 1.29 is 24.3 Å². The summed E-state index contributed by atoms with van der Waals surface area (Å²) < 4.78 is 6.37. The maximum atomic E-state index is 13.1. The zero-order valence-electron chi connectivity index (χ0n) is 18.4. The lowest BCUT2D eigenvalue weighted by Crippen LogP contribution is -2.50. The predicted molar refractivity (Wildman–Crippen MR) is 129 cm³/mol. The molecule has 0 aliphatic carbocycles. The lowest BCUT2D eigenvalue weighted by Gasteiger charge is -2.20. The number of nitrogens with one attached hydrogen (secondary N) is 4. The summed E-state index contributed by atoms with van der Waals surface area (Å²) in [4.78, 5) is 37.7. The number of fused-ring (bicyclic) bond motifs is 1. The summed E-state index contributed by atoms with van der Waals surface area (Å²) >= 11 is 1.23. The van der Waals surface area contributed by atoms with Crippen LogP contribution in [0.4, 0.5) is 10.5 Å². The highest BCUT2D eigenvalue weighted by molar-refractivity contribution is 7.20.